The number of carbonyl (C=O) groups is 1. The summed E-state index contributed by atoms with van der Waals surface area (Å²) < 4.78 is 0. The molecule has 1 fully saturated rings. The van der Waals surface area contributed by atoms with Crippen molar-refractivity contribution in [3.63, 3.8) is 0 Å². The molecule has 18 heavy (non-hydrogen) atoms. The first-order valence-corrected chi connectivity index (χ1v) is 6.49. The Hall–Kier alpha value is -1.39. The van der Waals surface area contributed by atoms with E-state index in [0.717, 1.165) is 24.1 Å². The van der Waals surface area contributed by atoms with Gasteiger partial charge in [-0.05, 0) is 30.5 Å². The predicted octanol–water partition coefficient (Wildman–Crippen LogP) is 2.61. The Bertz CT molecular complexity index is 383. The number of nitrogens with one attached hydrogen (secondary N) is 2. The quantitative estimate of drug-likeness (QED) is 0.787. The Morgan fingerprint density at radius 2 is 1.94 bits per heavy atom. The minimum atomic E-state index is -0.0505. The van der Waals surface area contributed by atoms with Crippen LogP contribution in [0.1, 0.15) is 38.2 Å². The molecule has 98 valence electrons. The average molecular weight is 248 g/mol. The second kappa shape index (κ2) is 6.52. The van der Waals surface area contributed by atoms with Crippen molar-refractivity contribution in [3.8, 4) is 0 Å². The van der Waals surface area contributed by atoms with Crippen LogP contribution in [0.4, 0.5) is 5.69 Å². The van der Waals surface area contributed by atoms with Gasteiger partial charge in [-0.2, -0.15) is 5.48 Å². The van der Waals surface area contributed by atoms with Crippen LogP contribution in [0.25, 0.3) is 0 Å². The Morgan fingerprint density at radius 3 is 2.56 bits per heavy atom. The molecule has 1 aromatic carbocycles. The van der Waals surface area contributed by atoms with E-state index in [0.29, 0.717) is 12.6 Å². The van der Waals surface area contributed by atoms with E-state index < -0.39 is 0 Å². The van der Waals surface area contributed by atoms with Gasteiger partial charge in [-0.15, -0.1) is 0 Å². The van der Waals surface area contributed by atoms with Gasteiger partial charge in [-0.25, -0.2) is 0 Å². The molecule has 0 aliphatic heterocycles. The van der Waals surface area contributed by atoms with Gasteiger partial charge < -0.3 is 5.32 Å². The summed E-state index contributed by atoms with van der Waals surface area (Å²) in [6.07, 6.45) is 5.25. The minimum absolute atomic E-state index is 0.0505. The van der Waals surface area contributed by atoms with Crippen molar-refractivity contribution in [3.05, 3.63) is 29.8 Å². The van der Waals surface area contributed by atoms with Crippen molar-refractivity contribution in [1.29, 1.82) is 0 Å². The summed E-state index contributed by atoms with van der Waals surface area (Å²) in [4.78, 5) is 16.5. The molecule has 0 heterocycles. The number of benzene rings is 1. The summed E-state index contributed by atoms with van der Waals surface area (Å²) in [6.45, 7) is 2.20. The molecule has 0 unspecified atom stereocenters. The van der Waals surface area contributed by atoms with Gasteiger partial charge in [0.1, 0.15) is 0 Å². The van der Waals surface area contributed by atoms with Crippen LogP contribution < -0.4 is 10.8 Å². The largest absolute Gasteiger partial charge is 0.326 e. The zero-order valence-corrected chi connectivity index (χ0v) is 10.7. The van der Waals surface area contributed by atoms with Gasteiger partial charge in [0.05, 0.1) is 6.10 Å². The maximum absolute atomic E-state index is 10.9. The van der Waals surface area contributed by atoms with Crippen molar-refractivity contribution < 1.29 is 9.63 Å². The maximum atomic E-state index is 10.9. The summed E-state index contributed by atoms with van der Waals surface area (Å²) in [6, 6.07) is 7.76. The number of hydrogen-bond acceptors (Lipinski definition) is 3. The highest BCUT2D eigenvalue weighted by Crippen LogP contribution is 2.20. The molecule has 0 aromatic heterocycles. The summed E-state index contributed by atoms with van der Waals surface area (Å²) in [7, 11) is 0. The van der Waals surface area contributed by atoms with Crippen molar-refractivity contribution in [2.24, 2.45) is 0 Å². The van der Waals surface area contributed by atoms with Gasteiger partial charge in [-0.1, -0.05) is 25.0 Å². The molecule has 0 atom stereocenters. The molecule has 2 rings (SSSR count). The van der Waals surface area contributed by atoms with Crippen LogP contribution in [0.2, 0.25) is 0 Å². The summed E-state index contributed by atoms with van der Waals surface area (Å²) in [5, 5.41) is 2.74. The third-order valence-corrected chi connectivity index (χ3v) is 3.10. The standard InChI is InChI=1S/C14H20N2O2/c1-11(17)16-13-8-6-12(7-9-13)10-15-18-14-4-2-3-5-14/h6-9,14-15H,2-5,10H2,1H3,(H,16,17). The normalized spacial score (nSPS) is 15.8. The summed E-state index contributed by atoms with van der Waals surface area (Å²) in [5.41, 5.74) is 4.98. The van der Waals surface area contributed by atoms with E-state index in [1.165, 1.54) is 19.8 Å². The molecule has 0 saturated heterocycles. The van der Waals surface area contributed by atoms with E-state index in [4.69, 9.17) is 4.84 Å². The fraction of sp³-hybridized carbons (Fsp3) is 0.500. The Balaban J connectivity index is 1.73. The fourth-order valence-electron chi connectivity index (χ4n) is 2.16. The summed E-state index contributed by atoms with van der Waals surface area (Å²) in [5.74, 6) is -0.0505. The van der Waals surface area contributed by atoms with Gasteiger partial charge >= 0.3 is 0 Å². The van der Waals surface area contributed by atoms with Gasteiger partial charge in [-0.3, -0.25) is 9.63 Å². The molecule has 1 aliphatic rings. The molecule has 1 amide bonds. The second-order valence-electron chi connectivity index (χ2n) is 4.72. The minimum Gasteiger partial charge on any atom is -0.326 e. The van der Waals surface area contributed by atoms with Gasteiger partial charge in [0, 0.05) is 19.2 Å². The molecule has 4 heteroatoms. The highest BCUT2D eigenvalue weighted by atomic mass is 16.7. The van der Waals surface area contributed by atoms with Crippen LogP contribution in [0.5, 0.6) is 0 Å². The zero-order chi connectivity index (χ0) is 12.8. The number of rotatable bonds is 5. The molecule has 0 bridgehead atoms. The molecule has 0 spiro atoms. The molecular weight excluding hydrogens is 228 g/mol. The molecule has 1 aromatic rings. The van der Waals surface area contributed by atoms with E-state index in [1.54, 1.807) is 0 Å². The fourth-order valence-corrected chi connectivity index (χ4v) is 2.16. The first-order valence-electron chi connectivity index (χ1n) is 6.49. The number of carbonyl (C=O) groups excluding carboxylic acids is 1. The number of amides is 1. The van der Waals surface area contributed by atoms with Crippen LogP contribution in [0.15, 0.2) is 24.3 Å². The van der Waals surface area contributed by atoms with Crippen LogP contribution in [-0.2, 0) is 16.2 Å². The molecule has 0 radical (unpaired) electrons. The Kier molecular flexibility index (Phi) is 4.73. The highest BCUT2D eigenvalue weighted by molar-refractivity contribution is 5.88. The predicted molar refractivity (Wildman–Crippen MR) is 70.9 cm³/mol. The van der Waals surface area contributed by atoms with Crippen LogP contribution in [0, 0.1) is 0 Å². The lowest BCUT2D eigenvalue weighted by molar-refractivity contribution is -0.114. The smallest absolute Gasteiger partial charge is 0.221 e. The zero-order valence-electron chi connectivity index (χ0n) is 10.7. The first-order chi connectivity index (χ1) is 8.74. The second-order valence-corrected chi connectivity index (χ2v) is 4.72. The Morgan fingerprint density at radius 1 is 1.28 bits per heavy atom. The molecule has 1 saturated carbocycles. The lowest BCUT2D eigenvalue weighted by atomic mass is 10.2. The van der Waals surface area contributed by atoms with Crippen LogP contribution in [0.3, 0.4) is 0 Å². The molecule has 4 nitrogen and oxygen atoms in total. The van der Waals surface area contributed by atoms with E-state index in [1.807, 2.05) is 24.3 Å². The van der Waals surface area contributed by atoms with Gasteiger partial charge in [0.2, 0.25) is 5.91 Å². The SMILES string of the molecule is CC(=O)Nc1ccc(CNOC2CCCC2)cc1. The topological polar surface area (TPSA) is 50.4 Å². The number of hydrogen-bond donors (Lipinski definition) is 2. The first kappa shape index (κ1) is 13.1. The molecule has 2 N–H and O–H groups in total. The number of hydroxylamine groups is 1. The van der Waals surface area contributed by atoms with E-state index in [9.17, 15) is 4.79 Å². The molecule has 1 aliphatic carbocycles. The summed E-state index contributed by atoms with van der Waals surface area (Å²) >= 11 is 0. The lowest BCUT2D eigenvalue weighted by Gasteiger charge is -2.11. The van der Waals surface area contributed by atoms with Crippen molar-refractivity contribution in [2.45, 2.75) is 45.3 Å². The third kappa shape index (κ3) is 4.13. The Labute approximate surface area is 108 Å². The van der Waals surface area contributed by atoms with Crippen molar-refractivity contribution >= 4 is 11.6 Å². The average Bonchev–Trinajstić information content (AvgIpc) is 2.84. The lowest BCUT2D eigenvalue weighted by Crippen LogP contribution is -2.21. The van der Waals surface area contributed by atoms with E-state index >= 15 is 0 Å². The molecular formula is C14H20N2O2. The third-order valence-electron chi connectivity index (χ3n) is 3.10. The highest BCUT2D eigenvalue weighted by Gasteiger charge is 2.15. The van der Waals surface area contributed by atoms with Crippen LogP contribution in [-0.4, -0.2) is 12.0 Å². The monoisotopic (exact) mass is 248 g/mol. The van der Waals surface area contributed by atoms with Gasteiger partial charge in [0.15, 0.2) is 0 Å². The van der Waals surface area contributed by atoms with E-state index in [-0.39, 0.29) is 5.91 Å². The van der Waals surface area contributed by atoms with E-state index in [2.05, 4.69) is 10.8 Å². The van der Waals surface area contributed by atoms with Gasteiger partial charge in [0.25, 0.3) is 0 Å². The van der Waals surface area contributed by atoms with Crippen molar-refractivity contribution in [2.75, 3.05) is 5.32 Å². The number of anilines is 1. The van der Waals surface area contributed by atoms with Crippen LogP contribution >= 0.6 is 0 Å². The maximum Gasteiger partial charge on any atom is 0.221 e. The van der Waals surface area contributed by atoms with Crippen molar-refractivity contribution in [1.82, 2.24) is 5.48 Å².